The molecule has 1 aromatic carbocycles. The number of anilines is 1. The summed E-state index contributed by atoms with van der Waals surface area (Å²) in [5.74, 6) is 0.114. The highest BCUT2D eigenvalue weighted by Crippen LogP contribution is 2.24. The fourth-order valence-corrected chi connectivity index (χ4v) is 3.73. The Hall–Kier alpha value is -1.96. The molecule has 2 fully saturated rings. The van der Waals surface area contributed by atoms with Crippen LogP contribution in [0.5, 0.6) is 0 Å². The number of ether oxygens (including phenoxy) is 2. The van der Waals surface area contributed by atoms with E-state index in [1.54, 1.807) is 4.90 Å². The highest BCUT2D eigenvalue weighted by molar-refractivity contribution is 5.90. The van der Waals surface area contributed by atoms with Crippen molar-refractivity contribution < 1.29 is 19.1 Å². The van der Waals surface area contributed by atoms with Crippen molar-refractivity contribution in [2.45, 2.75) is 44.8 Å². The van der Waals surface area contributed by atoms with E-state index in [2.05, 4.69) is 10.2 Å². The molecular weight excluding hydrogens is 370 g/mol. The van der Waals surface area contributed by atoms with Gasteiger partial charge in [-0.3, -0.25) is 9.59 Å². The maximum Gasteiger partial charge on any atom is 0.224 e. The average molecular weight is 404 g/mol. The smallest absolute Gasteiger partial charge is 0.224 e. The molecule has 0 unspecified atom stereocenters. The zero-order chi connectivity index (χ0) is 20.5. The molecule has 0 aromatic heterocycles. The van der Waals surface area contributed by atoms with Crippen LogP contribution in [0.3, 0.4) is 0 Å². The summed E-state index contributed by atoms with van der Waals surface area (Å²) >= 11 is 0. The van der Waals surface area contributed by atoms with Gasteiger partial charge in [0.15, 0.2) is 6.29 Å². The van der Waals surface area contributed by atoms with Crippen molar-refractivity contribution in [1.82, 2.24) is 9.80 Å². The highest BCUT2D eigenvalue weighted by Gasteiger charge is 2.18. The largest absolute Gasteiger partial charge is 0.346 e. The Bertz CT molecular complexity index is 653. The summed E-state index contributed by atoms with van der Waals surface area (Å²) in [7, 11) is 1.82. The zero-order valence-corrected chi connectivity index (χ0v) is 17.4. The first-order valence-corrected chi connectivity index (χ1v) is 10.7. The lowest BCUT2D eigenvalue weighted by Gasteiger charge is -2.27. The number of carbonyl (C=O) groups is 2. The lowest BCUT2D eigenvalue weighted by molar-refractivity contribution is -0.130. The van der Waals surface area contributed by atoms with Crippen LogP contribution < -0.4 is 5.32 Å². The lowest BCUT2D eigenvalue weighted by atomic mass is 10.1. The van der Waals surface area contributed by atoms with Gasteiger partial charge in [0.05, 0.1) is 13.2 Å². The number of piperidine rings is 1. The predicted octanol–water partition coefficient (Wildman–Crippen LogP) is 2.79. The third kappa shape index (κ3) is 7.10. The Kier molecular flexibility index (Phi) is 8.46. The SMILES string of the molecule is CN(CCCC(=O)Nc1ccc(C2OCCO2)cc1)C(=O)CCN1CCCCC1. The Labute approximate surface area is 173 Å². The summed E-state index contributed by atoms with van der Waals surface area (Å²) < 4.78 is 10.9. The van der Waals surface area contributed by atoms with E-state index in [9.17, 15) is 9.59 Å². The number of nitrogens with one attached hydrogen (secondary N) is 1. The van der Waals surface area contributed by atoms with Gasteiger partial charge in [-0.2, -0.15) is 0 Å². The number of hydrogen-bond acceptors (Lipinski definition) is 5. The number of hydrogen-bond donors (Lipinski definition) is 1. The molecule has 0 atom stereocenters. The minimum Gasteiger partial charge on any atom is -0.346 e. The molecule has 7 nitrogen and oxygen atoms in total. The van der Waals surface area contributed by atoms with Crippen molar-refractivity contribution in [1.29, 1.82) is 0 Å². The van der Waals surface area contributed by atoms with Crippen LogP contribution in [-0.2, 0) is 19.1 Å². The standard InChI is InChI=1S/C22H33N3O4/c1-24(21(27)11-15-25-13-3-2-4-14-25)12-5-6-20(26)23-19-9-7-18(8-10-19)22-28-16-17-29-22/h7-10,22H,2-6,11-17H2,1H3,(H,23,26). The molecule has 0 spiro atoms. The molecule has 2 saturated heterocycles. The van der Waals surface area contributed by atoms with Crippen LogP contribution in [0.25, 0.3) is 0 Å². The molecule has 29 heavy (non-hydrogen) atoms. The van der Waals surface area contributed by atoms with Gasteiger partial charge in [-0.25, -0.2) is 0 Å². The summed E-state index contributed by atoms with van der Waals surface area (Å²) in [6.07, 6.45) is 5.08. The van der Waals surface area contributed by atoms with Crippen LogP contribution in [0.4, 0.5) is 5.69 Å². The average Bonchev–Trinajstić information content (AvgIpc) is 3.28. The summed E-state index contributed by atoms with van der Waals surface area (Å²) in [4.78, 5) is 28.6. The van der Waals surface area contributed by atoms with E-state index in [1.807, 2.05) is 31.3 Å². The molecule has 7 heteroatoms. The van der Waals surface area contributed by atoms with Crippen LogP contribution >= 0.6 is 0 Å². The second kappa shape index (κ2) is 11.3. The molecule has 0 saturated carbocycles. The number of benzene rings is 1. The second-order valence-corrected chi connectivity index (χ2v) is 7.81. The maximum atomic E-state index is 12.3. The topological polar surface area (TPSA) is 71.1 Å². The van der Waals surface area contributed by atoms with E-state index >= 15 is 0 Å². The monoisotopic (exact) mass is 403 g/mol. The van der Waals surface area contributed by atoms with Gasteiger partial charge in [-0.15, -0.1) is 0 Å². The lowest BCUT2D eigenvalue weighted by Crippen LogP contribution is -2.35. The Balaban J connectivity index is 1.31. The molecule has 160 valence electrons. The maximum absolute atomic E-state index is 12.3. The minimum absolute atomic E-state index is 0.0414. The highest BCUT2D eigenvalue weighted by atomic mass is 16.7. The summed E-state index contributed by atoms with van der Waals surface area (Å²) in [6, 6.07) is 7.52. The van der Waals surface area contributed by atoms with Gasteiger partial charge in [-0.05, 0) is 44.5 Å². The molecule has 1 N–H and O–H groups in total. The van der Waals surface area contributed by atoms with Crippen molar-refractivity contribution in [2.24, 2.45) is 0 Å². The minimum atomic E-state index is -0.303. The number of rotatable bonds is 9. The van der Waals surface area contributed by atoms with E-state index in [1.165, 1.54) is 19.3 Å². The normalized spacial score (nSPS) is 18.0. The number of nitrogens with zero attached hydrogens (tertiary/aromatic N) is 2. The van der Waals surface area contributed by atoms with Crippen molar-refractivity contribution in [2.75, 3.05) is 51.8 Å². The first-order chi connectivity index (χ1) is 14.1. The molecule has 3 rings (SSSR count). The van der Waals surface area contributed by atoms with E-state index in [-0.39, 0.29) is 18.1 Å². The van der Waals surface area contributed by atoms with Crippen LogP contribution in [0.1, 0.15) is 50.4 Å². The van der Waals surface area contributed by atoms with E-state index in [0.717, 1.165) is 30.9 Å². The molecule has 0 radical (unpaired) electrons. The van der Waals surface area contributed by atoms with Crippen LogP contribution in [0, 0.1) is 0 Å². The molecular formula is C22H33N3O4. The summed E-state index contributed by atoms with van der Waals surface area (Å²) in [5, 5.41) is 2.90. The molecule has 0 bridgehead atoms. The first-order valence-electron chi connectivity index (χ1n) is 10.7. The van der Waals surface area contributed by atoms with Crippen LogP contribution in [0.15, 0.2) is 24.3 Å². The third-order valence-corrected chi connectivity index (χ3v) is 5.50. The van der Waals surface area contributed by atoms with Crippen molar-refractivity contribution in [3.63, 3.8) is 0 Å². The van der Waals surface area contributed by atoms with Crippen molar-refractivity contribution in [3.8, 4) is 0 Å². The number of likely N-dealkylation sites (tertiary alicyclic amines) is 1. The Morgan fingerprint density at radius 1 is 1.07 bits per heavy atom. The molecule has 2 heterocycles. The van der Waals surface area contributed by atoms with Crippen molar-refractivity contribution >= 4 is 17.5 Å². The molecule has 0 aliphatic carbocycles. The molecule has 2 aliphatic heterocycles. The Morgan fingerprint density at radius 3 is 2.45 bits per heavy atom. The quantitative estimate of drug-likeness (QED) is 0.687. The second-order valence-electron chi connectivity index (χ2n) is 7.81. The Morgan fingerprint density at radius 2 is 1.76 bits per heavy atom. The summed E-state index contributed by atoms with van der Waals surface area (Å²) in [5.41, 5.74) is 1.70. The zero-order valence-electron chi connectivity index (χ0n) is 17.4. The molecule has 1 aromatic rings. The summed E-state index contributed by atoms with van der Waals surface area (Å²) in [6.45, 7) is 4.88. The molecule has 2 aliphatic rings. The first kappa shape index (κ1) is 21.7. The van der Waals surface area contributed by atoms with Crippen molar-refractivity contribution in [3.05, 3.63) is 29.8 Å². The predicted molar refractivity (Wildman–Crippen MR) is 111 cm³/mol. The fourth-order valence-electron chi connectivity index (χ4n) is 3.73. The van der Waals surface area contributed by atoms with Gasteiger partial charge < -0.3 is 24.6 Å². The third-order valence-electron chi connectivity index (χ3n) is 5.50. The van der Waals surface area contributed by atoms with Gasteiger partial charge in [0.1, 0.15) is 0 Å². The van der Waals surface area contributed by atoms with E-state index in [0.29, 0.717) is 39.0 Å². The van der Waals surface area contributed by atoms with E-state index < -0.39 is 0 Å². The van der Waals surface area contributed by atoms with E-state index in [4.69, 9.17) is 9.47 Å². The molecule has 2 amide bonds. The number of carbonyl (C=O) groups excluding carboxylic acids is 2. The van der Waals surface area contributed by atoms with Gasteiger partial charge in [0, 0.05) is 44.2 Å². The van der Waals surface area contributed by atoms with Gasteiger partial charge >= 0.3 is 0 Å². The van der Waals surface area contributed by atoms with Gasteiger partial charge in [0.2, 0.25) is 11.8 Å². The van der Waals surface area contributed by atoms with Gasteiger partial charge in [-0.1, -0.05) is 18.6 Å². The fraction of sp³-hybridized carbons (Fsp3) is 0.636. The van der Waals surface area contributed by atoms with Gasteiger partial charge in [0.25, 0.3) is 0 Å². The van der Waals surface area contributed by atoms with Crippen LogP contribution in [0.2, 0.25) is 0 Å². The van der Waals surface area contributed by atoms with Crippen LogP contribution in [-0.4, -0.2) is 68.1 Å². The number of amides is 2.